The number of halogens is 1. The third-order valence-corrected chi connectivity index (χ3v) is 2.73. The number of nitrogens with zero attached hydrogens (tertiary/aromatic N) is 1. The second kappa shape index (κ2) is 7.66. The maximum atomic E-state index is 5.41. The predicted molar refractivity (Wildman–Crippen MR) is 68.9 cm³/mol. The Kier molecular flexibility index (Phi) is 6.46. The van der Waals surface area contributed by atoms with Gasteiger partial charge in [-0.2, -0.15) is 0 Å². The van der Waals surface area contributed by atoms with Crippen LogP contribution in [0.4, 0.5) is 0 Å². The van der Waals surface area contributed by atoms with Gasteiger partial charge in [-0.25, -0.2) is 0 Å². The average molecular weight is 242 g/mol. The second-order valence-corrected chi connectivity index (χ2v) is 3.88. The largest absolute Gasteiger partial charge is 0.379 e. The first-order valence-electron chi connectivity index (χ1n) is 5.60. The van der Waals surface area contributed by atoms with Gasteiger partial charge in [0.05, 0.1) is 13.2 Å². The summed E-state index contributed by atoms with van der Waals surface area (Å²) in [6, 6.07) is 11.2. The minimum Gasteiger partial charge on any atom is -0.379 e. The molecule has 1 aliphatic rings. The zero-order valence-electron chi connectivity index (χ0n) is 10.0. The van der Waals surface area contributed by atoms with Crippen molar-refractivity contribution in [3.05, 3.63) is 35.9 Å². The van der Waals surface area contributed by atoms with E-state index in [9.17, 15) is 0 Å². The summed E-state index contributed by atoms with van der Waals surface area (Å²) < 4.78 is 5.41. The van der Waals surface area contributed by atoms with E-state index in [4.69, 9.17) is 4.74 Å². The molecule has 0 amide bonds. The van der Waals surface area contributed by atoms with Crippen LogP contribution >= 0.6 is 11.6 Å². The van der Waals surface area contributed by atoms with Crippen molar-refractivity contribution in [2.75, 3.05) is 26.1 Å². The second-order valence-electron chi connectivity index (χ2n) is 3.88. The van der Waals surface area contributed by atoms with Crippen LogP contribution in [0.5, 0.6) is 0 Å². The molecular weight excluding hydrogens is 222 g/mol. The van der Waals surface area contributed by atoms with Crippen LogP contribution in [0.15, 0.2) is 30.3 Å². The Balaban J connectivity index is 0.000000606. The molecule has 0 saturated carbocycles. The van der Waals surface area contributed by atoms with Gasteiger partial charge in [0.15, 0.2) is 0 Å². The first-order valence-corrected chi connectivity index (χ1v) is 6.35. The van der Waals surface area contributed by atoms with Gasteiger partial charge >= 0.3 is 0 Å². The zero-order chi connectivity index (χ0) is 11.8. The predicted octanol–water partition coefficient (Wildman–Crippen LogP) is 2.76. The van der Waals surface area contributed by atoms with Crippen molar-refractivity contribution < 1.29 is 4.74 Å². The molecule has 0 bridgehead atoms. The number of hydrogen-bond donors (Lipinski definition) is 0. The maximum absolute atomic E-state index is 5.41. The Bertz CT molecular complexity index is 279. The summed E-state index contributed by atoms with van der Waals surface area (Å²) in [5, 5.41) is 0. The monoisotopic (exact) mass is 241 g/mol. The van der Waals surface area contributed by atoms with Crippen molar-refractivity contribution in [2.24, 2.45) is 0 Å². The van der Waals surface area contributed by atoms with Gasteiger partial charge in [0, 0.05) is 25.5 Å². The van der Waals surface area contributed by atoms with Crippen molar-refractivity contribution in [1.82, 2.24) is 4.90 Å². The molecule has 1 saturated heterocycles. The lowest BCUT2D eigenvalue weighted by Gasteiger charge is -2.33. The lowest BCUT2D eigenvalue weighted by atomic mass is 10.2. The average Bonchev–Trinajstić information content (AvgIpc) is 2.36. The minimum absolute atomic E-state index is 0.545. The number of rotatable bonds is 2. The standard InChI is InChI=1S/C12H17NO.CH3Cl/c1-11-10-14-8-7-13(11)9-12-5-3-2-4-6-12;1-2/h2-6,11H,7-10H2,1H3;1H3. The Hall–Kier alpha value is -0.570. The van der Waals surface area contributed by atoms with E-state index in [0.29, 0.717) is 6.04 Å². The third-order valence-electron chi connectivity index (χ3n) is 2.73. The van der Waals surface area contributed by atoms with Crippen LogP contribution in [0.25, 0.3) is 0 Å². The summed E-state index contributed by atoms with van der Waals surface area (Å²) in [6.45, 7) is 6.06. The molecule has 0 aromatic heterocycles. The van der Waals surface area contributed by atoms with Gasteiger partial charge in [0.25, 0.3) is 0 Å². The molecule has 0 aliphatic carbocycles. The van der Waals surface area contributed by atoms with E-state index >= 15 is 0 Å². The summed E-state index contributed by atoms with van der Waals surface area (Å²) in [6.07, 6.45) is 1.47. The molecule has 1 fully saturated rings. The lowest BCUT2D eigenvalue weighted by Crippen LogP contribution is -2.42. The number of benzene rings is 1. The highest BCUT2D eigenvalue weighted by Crippen LogP contribution is 2.11. The van der Waals surface area contributed by atoms with Crippen molar-refractivity contribution in [2.45, 2.75) is 19.5 Å². The molecule has 2 nitrogen and oxygen atoms in total. The van der Waals surface area contributed by atoms with Crippen LogP contribution in [0.3, 0.4) is 0 Å². The first-order chi connectivity index (χ1) is 7.86. The topological polar surface area (TPSA) is 12.5 Å². The fourth-order valence-corrected chi connectivity index (χ4v) is 1.81. The highest BCUT2D eigenvalue weighted by Gasteiger charge is 2.18. The van der Waals surface area contributed by atoms with Crippen molar-refractivity contribution in [3.63, 3.8) is 0 Å². The highest BCUT2D eigenvalue weighted by molar-refractivity contribution is 6.15. The fourth-order valence-electron chi connectivity index (χ4n) is 1.81. The van der Waals surface area contributed by atoms with E-state index in [1.807, 2.05) is 0 Å². The van der Waals surface area contributed by atoms with Gasteiger partial charge in [0.2, 0.25) is 0 Å². The summed E-state index contributed by atoms with van der Waals surface area (Å²) in [4.78, 5) is 2.47. The van der Waals surface area contributed by atoms with Gasteiger partial charge in [0.1, 0.15) is 0 Å². The number of hydrogen-bond acceptors (Lipinski definition) is 2. The van der Waals surface area contributed by atoms with Crippen molar-refractivity contribution in [1.29, 1.82) is 0 Å². The van der Waals surface area contributed by atoms with Gasteiger partial charge in [-0.15, -0.1) is 11.6 Å². The molecule has 0 spiro atoms. The Morgan fingerprint density at radius 3 is 2.62 bits per heavy atom. The van der Waals surface area contributed by atoms with E-state index in [0.717, 1.165) is 26.3 Å². The molecule has 1 heterocycles. The molecule has 1 aromatic carbocycles. The van der Waals surface area contributed by atoms with Crippen LogP contribution in [-0.4, -0.2) is 37.1 Å². The van der Waals surface area contributed by atoms with Gasteiger partial charge in [-0.3, -0.25) is 4.90 Å². The molecule has 90 valence electrons. The maximum Gasteiger partial charge on any atom is 0.0619 e. The third kappa shape index (κ3) is 4.12. The summed E-state index contributed by atoms with van der Waals surface area (Å²) in [5.74, 6) is 0. The van der Waals surface area contributed by atoms with E-state index < -0.39 is 0 Å². The first kappa shape index (κ1) is 13.5. The van der Waals surface area contributed by atoms with E-state index in [-0.39, 0.29) is 0 Å². The number of alkyl halides is 1. The van der Waals surface area contributed by atoms with Crippen LogP contribution < -0.4 is 0 Å². The molecule has 0 N–H and O–H groups in total. The van der Waals surface area contributed by atoms with Crippen molar-refractivity contribution in [3.8, 4) is 0 Å². The normalized spacial score (nSPS) is 21.1. The highest BCUT2D eigenvalue weighted by atomic mass is 35.5. The molecule has 3 heteroatoms. The Morgan fingerprint density at radius 1 is 1.31 bits per heavy atom. The Labute approximate surface area is 103 Å². The number of morpholine rings is 1. The molecule has 0 radical (unpaired) electrons. The molecule has 1 aliphatic heterocycles. The number of ether oxygens (including phenoxy) is 1. The van der Waals surface area contributed by atoms with E-state index in [1.165, 1.54) is 11.9 Å². The molecule has 1 atom stereocenters. The fraction of sp³-hybridized carbons (Fsp3) is 0.538. The van der Waals surface area contributed by atoms with Gasteiger partial charge in [-0.05, 0) is 12.5 Å². The van der Waals surface area contributed by atoms with Gasteiger partial charge < -0.3 is 4.74 Å². The van der Waals surface area contributed by atoms with Crippen LogP contribution in [0, 0.1) is 0 Å². The minimum atomic E-state index is 0.545. The molecular formula is C13H20ClNO. The van der Waals surface area contributed by atoms with Crippen LogP contribution in [-0.2, 0) is 11.3 Å². The Morgan fingerprint density at radius 2 is 2.00 bits per heavy atom. The molecule has 1 aromatic rings. The molecule has 1 unspecified atom stereocenters. The van der Waals surface area contributed by atoms with E-state index in [2.05, 4.69) is 53.8 Å². The van der Waals surface area contributed by atoms with Crippen LogP contribution in [0.1, 0.15) is 12.5 Å². The van der Waals surface area contributed by atoms with E-state index in [1.54, 1.807) is 0 Å². The van der Waals surface area contributed by atoms with Gasteiger partial charge in [-0.1, -0.05) is 30.3 Å². The quantitative estimate of drug-likeness (QED) is 0.739. The van der Waals surface area contributed by atoms with Crippen molar-refractivity contribution >= 4 is 11.6 Å². The summed E-state index contributed by atoms with van der Waals surface area (Å²) in [5.41, 5.74) is 1.39. The summed E-state index contributed by atoms with van der Waals surface area (Å²) in [7, 11) is 0. The molecule has 16 heavy (non-hydrogen) atoms. The van der Waals surface area contributed by atoms with Crippen LogP contribution in [0.2, 0.25) is 0 Å². The lowest BCUT2D eigenvalue weighted by molar-refractivity contribution is -0.00436. The zero-order valence-corrected chi connectivity index (χ0v) is 10.8. The molecule has 2 rings (SSSR count). The SMILES string of the molecule is CC1COCCN1Cc1ccccc1.CCl. The smallest absolute Gasteiger partial charge is 0.0619 e. The summed E-state index contributed by atoms with van der Waals surface area (Å²) >= 11 is 4.64.